The number of hydrogen-bond donors (Lipinski definition) is 0. The van der Waals surface area contributed by atoms with E-state index in [9.17, 15) is 4.79 Å². The van der Waals surface area contributed by atoms with Crippen molar-refractivity contribution >= 4 is 5.97 Å². The SMILES string of the molecule is CCC(CC)Cc1cccc(OCC(=O)OC)c1. The lowest BCUT2D eigenvalue weighted by molar-refractivity contribution is -0.142. The van der Waals surface area contributed by atoms with E-state index in [0.717, 1.165) is 12.2 Å². The van der Waals surface area contributed by atoms with Gasteiger partial charge in [0, 0.05) is 0 Å². The predicted octanol–water partition coefficient (Wildman–Crippen LogP) is 3.22. The van der Waals surface area contributed by atoms with Gasteiger partial charge < -0.3 is 9.47 Å². The number of rotatable bonds is 7. The molecule has 100 valence electrons. The number of carbonyl (C=O) groups is 1. The number of esters is 1. The van der Waals surface area contributed by atoms with E-state index in [4.69, 9.17) is 4.74 Å². The summed E-state index contributed by atoms with van der Waals surface area (Å²) < 4.78 is 9.91. The smallest absolute Gasteiger partial charge is 0.343 e. The van der Waals surface area contributed by atoms with Crippen molar-refractivity contribution in [3.8, 4) is 5.75 Å². The Kier molecular flexibility index (Phi) is 6.26. The quantitative estimate of drug-likeness (QED) is 0.697. The molecule has 0 N–H and O–H groups in total. The molecular formula is C15H22O3. The van der Waals surface area contributed by atoms with Crippen molar-refractivity contribution in [1.82, 2.24) is 0 Å². The Morgan fingerprint density at radius 1 is 1.28 bits per heavy atom. The molecule has 1 rings (SSSR count). The Bertz CT molecular complexity index is 370. The summed E-state index contributed by atoms with van der Waals surface area (Å²) in [7, 11) is 1.36. The highest BCUT2D eigenvalue weighted by Gasteiger charge is 2.06. The number of methoxy groups -OCH3 is 1. The Hall–Kier alpha value is -1.51. The fraction of sp³-hybridized carbons (Fsp3) is 0.533. The van der Waals surface area contributed by atoms with E-state index in [1.807, 2.05) is 18.2 Å². The number of benzene rings is 1. The van der Waals surface area contributed by atoms with Crippen LogP contribution in [0, 0.1) is 5.92 Å². The Morgan fingerprint density at radius 3 is 2.61 bits per heavy atom. The van der Waals surface area contributed by atoms with Gasteiger partial charge in [0.2, 0.25) is 0 Å². The van der Waals surface area contributed by atoms with E-state index in [1.54, 1.807) is 0 Å². The van der Waals surface area contributed by atoms with Crippen LogP contribution in [0.3, 0.4) is 0 Å². The molecule has 0 unspecified atom stereocenters. The first-order valence-electron chi connectivity index (χ1n) is 6.48. The molecule has 1 aromatic rings. The van der Waals surface area contributed by atoms with Crippen LogP contribution in [0.2, 0.25) is 0 Å². The lowest BCUT2D eigenvalue weighted by Crippen LogP contribution is -2.12. The molecule has 0 saturated carbocycles. The molecule has 0 aliphatic heterocycles. The minimum absolute atomic E-state index is 0.0368. The van der Waals surface area contributed by atoms with Crippen LogP contribution in [0.1, 0.15) is 32.3 Å². The summed E-state index contributed by atoms with van der Waals surface area (Å²) in [6, 6.07) is 7.92. The van der Waals surface area contributed by atoms with Gasteiger partial charge in [-0.15, -0.1) is 0 Å². The lowest BCUT2D eigenvalue weighted by atomic mass is 9.95. The van der Waals surface area contributed by atoms with Crippen LogP contribution in [-0.4, -0.2) is 19.7 Å². The monoisotopic (exact) mass is 250 g/mol. The van der Waals surface area contributed by atoms with Crippen LogP contribution >= 0.6 is 0 Å². The fourth-order valence-corrected chi connectivity index (χ4v) is 1.87. The van der Waals surface area contributed by atoms with Crippen molar-refractivity contribution < 1.29 is 14.3 Å². The molecule has 0 heterocycles. The van der Waals surface area contributed by atoms with Gasteiger partial charge in [-0.25, -0.2) is 4.79 Å². The zero-order chi connectivity index (χ0) is 13.4. The van der Waals surface area contributed by atoms with Crippen LogP contribution in [-0.2, 0) is 16.0 Å². The molecule has 0 aromatic heterocycles. The van der Waals surface area contributed by atoms with Crippen molar-refractivity contribution in [2.45, 2.75) is 33.1 Å². The van der Waals surface area contributed by atoms with Gasteiger partial charge in [-0.2, -0.15) is 0 Å². The normalized spacial score (nSPS) is 10.4. The third kappa shape index (κ3) is 4.78. The van der Waals surface area contributed by atoms with E-state index >= 15 is 0 Å². The average molecular weight is 250 g/mol. The summed E-state index contributed by atoms with van der Waals surface area (Å²) >= 11 is 0. The molecule has 0 fully saturated rings. The highest BCUT2D eigenvalue weighted by atomic mass is 16.6. The lowest BCUT2D eigenvalue weighted by Gasteiger charge is -2.13. The van der Waals surface area contributed by atoms with Crippen molar-refractivity contribution in [3.63, 3.8) is 0 Å². The second-order valence-electron chi connectivity index (χ2n) is 4.40. The number of hydrogen-bond acceptors (Lipinski definition) is 3. The van der Waals surface area contributed by atoms with Crippen LogP contribution < -0.4 is 4.74 Å². The topological polar surface area (TPSA) is 35.5 Å². The minimum Gasteiger partial charge on any atom is -0.482 e. The zero-order valence-electron chi connectivity index (χ0n) is 11.4. The van der Waals surface area contributed by atoms with Gasteiger partial charge in [-0.1, -0.05) is 38.8 Å². The van der Waals surface area contributed by atoms with Crippen molar-refractivity contribution in [1.29, 1.82) is 0 Å². The molecule has 3 heteroatoms. The minimum atomic E-state index is -0.361. The van der Waals surface area contributed by atoms with E-state index in [-0.39, 0.29) is 12.6 Å². The second-order valence-corrected chi connectivity index (χ2v) is 4.40. The fourth-order valence-electron chi connectivity index (χ4n) is 1.87. The standard InChI is InChI=1S/C15H22O3/c1-4-12(5-2)9-13-7-6-8-14(10-13)18-11-15(16)17-3/h6-8,10,12H,4-5,9,11H2,1-3H3. The van der Waals surface area contributed by atoms with Crippen LogP contribution in [0.15, 0.2) is 24.3 Å². The predicted molar refractivity (Wildman–Crippen MR) is 71.7 cm³/mol. The average Bonchev–Trinajstić information content (AvgIpc) is 2.42. The van der Waals surface area contributed by atoms with Gasteiger partial charge in [0.05, 0.1) is 7.11 Å². The molecule has 0 aliphatic carbocycles. The molecule has 18 heavy (non-hydrogen) atoms. The first-order valence-corrected chi connectivity index (χ1v) is 6.48. The highest BCUT2D eigenvalue weighted by molar-refractivity contribution is 5.70. The Balaban J connectivity index is 2.58. The van der Waals surface area contributed by atoms with Gasteiger partial charge in [-0.3, -0.25) is 0 Å². The zero-order valence-corrected chi connectivity index (χ0v) is 11.4. The molecule has 0 bridgehead atoms. The van der Waals surface area contributed by atoms with Gasteiger partial charge in [0.15, 0.2) is 6.61 Å². The van der Waals surface area contributed by atoms with E-state index in [0.29, 0.717) is 5.92 Å². The van der Waals surface area contributed by atoms with Crippen LogP contribution in [0.4, 0.5) is 0 Å². The summed E-state index contributed by atoms with van der Waals surface area (Å²) in [4.78, 5) is 11.0. The van der Waals surface area contributed by atoms with Gasteiger partial charge >= 0.3 is 5.97 Å². The molecule has 0 radical (unpaired) electrons. The number of ether oxygens (including phenoxy) is 2. The van der Waals surface area contributed by atoms with Gasteiger partial charge in [0.25, 0.3) is 0 Å². The first-order chi connectivity index (χ1) is 8.69. The molecule has 0 amide bonds. The summed E-state index contributed by atoms with van der Waals surface area (Å²) in [5.74, 6) is 1.07. The Morgan fingerprint density at radius 2 is 2.00 bits per heavy atom. The molecule has 0 atom stereocenters. The molecule has 3 nitrogen and oxygen atoms in total. The van der Waals surface area contributed by atoms with E-state index in [1.165, 1.54) is 25.5 Å². The first kappa shape index (κ1) is 14.6. The second kappa shape index (κ2) is 7.75. The van der Waals surface area contributed by atoms with Crippen molar-refractivity contribution in [3.05, 3.63) is 29.8 Å². The third-order valence-corrected chi connectivity index (χ3v) is 3.16. The van der Waals surface area contributed by atoms with Gasteiger partial charge in [-0.05, 0) is 30.0 Å². The summed E-state index contributed by atoms with van der Waals surface area (Å²) in [5.41, 5.74) is 1.26. The molecule has 1 aromatic carbocycles. The molecule has 0 aliphatic rings. The van der Waals surface area contributed by atoms with E-state index in [2.05, 4.69) is 24.7 Å². The van der Waals surface area contributed by atoms with Crippen molar-refractivity contribution in [2.24, 2.45) is 5.92 Å². The molecule has 0 saturated heterocycles. The van der Waals surface area contributed by atoms with E-state index < -0.39 is 0 Å². The molecule has 0 spiro atoms. The maximum absolute atomic E-state index is 11.0. The Labute approximate surface area is 109 Å². The summed E-state index contributed by atoms with van der Waals surface area (Å²) in [6.45, 7) is 4.39. The summed E-state index contributed by atoms with van der Waals surface area (Å²) in [6.07, 6.45) is 3.43. The largest absolute Gasteiger partial charge is 0.482 e. The van der Waals surface area contributed by atoms with Crippen molar-refractivity contribution in [2.75, 3.05) is 13.7 Å². The van der Waals surface area contributed by atoms with Crippen LogP contribution in [0.25, 0.3) is 0 Å². The third-order valence-electron chi connectivity index (χ3n) is 3.16. The summed E-state index contributed by atoms with van der Waals surface area (Å²) in [5, 5.41) is 0. The van der Waals surface area contributed by atoms with Crippen LogP contribution in [0.5, 0.6) is 5.75 Å². The molecular weight excluding hydrogens is 228 g/mol. The van der Waals surface area contributed by atoms with Gasteiger partial charge in [0.1, 0.15) is 5.75 Å². The maximum atomic E-state index is 11.0. The number of carbonyl (C=O) groups excluding carboxylic acids is 1. The maximum Gasteiger partial charge on any atom is 0.343 e. The highest BCUT2D eigenvalue weighted by Crippen LogP contribution is 2.19.